The Kier molecular flexibility index (Phi) is 8.11. The van der Waals surface area contributed by atoms with Gasteiger partial charge in [-0.05, 0) is 61.7 Å². The molecule has 1 fully saturated rings. The molecule has 10 heteroatoms. The highest BCUT2D eigenvalue weighted by molar-refractivity contribution is 7.89. The molecule has 0 saturated carbocycles. The van der Waals surface area contributed by atoms with E-state index in [1.807, 2.05) is 25.1 Å². The molecule has 0 aromatic heterocycles. The molecule has 0 atom stereocenters. The standard InChI is InChI=1S/C22H26ClN3O5S/c1-16-13-18(26-11-2-3-12-26)7-8-20(16)25-21(27)15-31-22(28)9-10-24-32(29,30)19-6-4-5-17(23)14-19/h4-8,13-14,24H,2-3,9-12,15H2,1H3,(H,25,27). The first-order chi connectivity index (χ1) is 15.2. The van der Waals surface area contributed by atoms with Gasteiger partial charge in [-0.3, -0.25) is 9.59 Å². The molecular weight excluding hydrogens is 454 g/mol. The second-order valence-corrected chi connectivity index (χ2v) is 9.71. The van der Waals surface area contributed by atoms with Crippen LogP contribution in [0, 0.1) is 6.92 Å². The van der Waals surface area contributed by atoms with Crippen molar-refractivity contribution in [3.63, 3.8) is 0 Å². The predicted octanol–water partition coefficient (Wildman–Crippen LogP) is 3.10. The minimum atomic E-state index is -3.79. The van der Waals surface area contributed by atoms with Crippen molar-refractivity contribution in [2.75, 3.05) is 36.5 Å². The Bertz CT molecular complexity index is 1080. The van der Waals surface area contributed by atoms with Gasteiger partial charge in [-0.2, -0.15) is 0 Å². The molecule has 0 bridgehead atoms. The third kappa shape index (κ3) is 6.69. The predicted molar refractivity (Wildman–Crippen MR) is 123 cm³/mol. The Morgan fingerprint density at radius 2 is 1.88 bits per heavy atom. The lowest BCUT2D eigenvalue weighted by molar-refractivity contribution is -0.147. The Balaban J connectivity index is 1.41. The van der Waals surface area contributed by atoms with Crippen molar-refractivity contribution < 1.29 is 22.7 Å². The van der Waals surface area contributed by atoms with Gasteiger partial charge in [-0.1, -0.05) is 17.7 Å². The van der Waals surface area contributed by atoms with E-state index in [2.05, 4.69) is 14.9 Å². The lowest BCUT2D eigenvalue weighted by Gasteiger charge is -2.19. The molecule has 0 unspecified atom stereocenters. The summed E-state index contributed by atoms with van der Waals surface area (Å²) >= 11 is 5.80. The first-order valence-corrected chi connectivity index (χ1v) is 12.2. The second-order valence-electron chi connectivity index (χ2n) is 7.51. The molecule has 2 aromatic rings. The van der Waals surface area contributed by atoms with Crippen LogP contribution in [-0.2, 0) is 24.3 Å². The van der Waals surface area contributed by atoms with Crippen LogP contribution in [-0.4, -0.2) is 46.5 Å². The van der Waals surface area contributed by atoms with E-state index in [1.54, 1.807) is 6.07 Å². The van der Waals surface area contributed by atoms with Crippen LogP contribution in [0.1, 0.15) is 24.8 Å². The van der Waals surface area contributed by atoms with Gasteiger partial charge in [0.15, 0.2) is 6.61 Å². The average Bonchev–Trinajstić information content (AvgIpc) is 3.28. The van der Waals surface area contributed by atoms with Crippen LogP contribution < -0.4 is 14.9 Å². The van der Waals surface area contributed by atoms with Crippen LogP contribution in [0.5, 0.6) is 0 Å². The maximum atomic E-state index is 12.2. The summed E-state index contributed by atoms with van der Waals surface area (Å²) < 4.78 is 31.6. The summed E-state index contributed by atoms with van der Waals surface area (Å²) in [6.45, 7) is 3.37. The minimum Gasteiger partial charge on any atom is -0.456 e. The average molecular weight is 480 g/mol. The largest absolute Gasteiger partial charge is 0.456 e. The zero-order valence-electron chi connectivity index (χ0n) is 17.8. The van der Waals surface area contributed by atoms with E-state index < -0.39 is 28.5 Å². The first kappa shape index (κ1) is 24.0. The van der Waals surface area contributed by atoms with Gasteiger partial charge in [0.1, 0.15) is 0 Å². The molecule has 2 N–H and O–H groups in total. The zero-order valence-corrected chi connectivity index (χ0v) is 19.3. The monoisotopic (exact) mass is 479 g/mol. The molecule has 0 spiro atoms. The van der Waals surface area contributed by atoms with Crippen molar-refractivity contribution in [3.8, 4) is 0 Å². The summed E-state index contributed by atoms with van der Waals surface area (Å²) in [4.78, 5) is 26.3. The summed E-state index contributed by atoms with van der Waals surface area (Å²) in [5.74, 6) is -1.15. The number of ether oxygens (including phenoxy) is 1. The highest BCUT2D eigenvalue weighted by atomic mass is 35.5. The van der Waals surface area contributed by atoms with E-state index in [0.29, 0.717) is 10.7 Å². The van der Waals surface area contributed by atoms with E-state index >= 15 is 0 Å². The van der Waals surface area contributed by atoms with Crippen LogP contribution in [0.3, 0.4) is 0 Å². The fourth-order valence-electron chi connectivity index (χ4n) is 3.37. The molecule has 1 saturated heterocycles. The molecule has 1 aliphatic rings. The number of halogens is 1. The third-order valence-corrected chi connectivity index (χ3v) is 6.74. The smallest absolute Gasteiger partial charge is 0.307 e. The molecule has 1 amide bonds. The molecule has 2 aromatic carbocycles. The van der Waals surface area contributed by atoms with Gasteiger partial charge < -0.3 is 15.0 Å². The third-order valence-electron chi connectivity index (χ3n) is 5.05. The second kappa shape index (κ2) is 10.8. The van der Waals surface area contributed by atoms with E-state index in [0.717, 1.165) is 24.3 Å². The van der Waals surface area contributed by atoms with Gasteiger partial charge >= 0.3 is 5.97 Å². The SMILES string of the molecule is Cc1cc(N2CCCC2)ccc1NC(=O)COC(=O)CCNS(=O)(=O)c1cccc(Cl)c1. The van der Waals surface area contributed by atoms with Crippen LogP contribution in [0.2, 0.25) is 5.02 Å². The summed E-state index contributed by atoms with van der Waals surface area (Å²) in [6.07, 6.45) is 2.16. The van der Waals surface area contributed by atoms with Crippen molar-refractivity contribution in [2.24, 2.45) is 0 Å². The normalized spacial score (nSPS) is 13.8. The minimum absolute atomic E-state index is 0.00358. The number of carbonyl (C=O) groups excluding carboxylic acids is 2. The van der Waals surface area contributed by atoms with Gasteiger partial charge in [-0.15, -0.1) is 0 Å². The van der Waals surface area contributed by atoms with Crippen LogP contribution in [0.4, 0.5) is 11.4 Å². The highest BCUT2D eigenvalue weighted by Crippen LogP contribution is 2.25. The number of anilines is 2. The number of rotatable bonds is 9. The highest BCUT2D eigenvalue weighted by Gasteiger charge is 2.16. The van der Waals surface area contributed by atoms with E-state index in [4.69, 9.17) is 16.3 Å². The molecule has 172 valence electrons. The fourth-order valence-corrected chi connectivity index (χ4v) is 4.70. The van der Waals surface area contributed by atoms with E-state index in [-0.39, 0.29) is 17.9 Å². The Morgan fingerprint density at radius 1 is 1.12 bits per heavy atom. The first-order valence-electron chi connectivity index (χ1n) is 10.3. The number of hydrogen-bond donors (Lipinski definition) is 2. The lowest BCUT2D eigenvalue weighted by Crippen LogP contribution is -2.28. The molecule has 32 heavy (non-hydrogen) atoms. The number of amides is 1. The molecule has 0 radical (unpaired) electrons. The zero-order chi connectivity index (χ0) is 23.1. The van der Waals surface area contributed by atoms with Crippen molar-refractivity contribution in [2.45, 2.75) is 31.1 Å². The fraction of sp³-hybridized carbons (Fsp3) is 0.364. The number of carbonyl (C=O) groups is 2. The van der Waals surface area contributed by atoms with Crippen molar-refractivity contribution in [3.05, 3.63) is 53.1 Å². The van der Waals surface area contributed by atoms with Crippen LogP contribution in [0.25, 0.3) is 0 Å². The van der Waals surface area contributed by atoms with Crippen molar-refractivity contribution in [1.82, 2.24) is 4.72 Å². The quantitative estimate of drug-likeness (QED) is 0.535. The van der Waals surface area contributed by atoms with Gasteiger partial charge in [0.2, 0.25) is 10.0 Å². The maximum absolute atomic E-state index is 12.2. The number of sulfonamides is 1. The van der Waals surface area contributed by atoms with E-state index in [9.17, 15) is 18.0 Å². The number of aryl methyl sites for hydroxylation is 1. The molecular formula is C22H26ClN3O5S. The summed E-state index contributed by atoms with van der Waals surface area (Å²) in [7, 11) is -3.79. The summed E-state index contributed by atoms with van der Waals surface area (Å²) in [5, 5.41) is 3.02. The maximum Gasteiger partial charge on any atom is 0.307 e. The molecule has 8 nitrogen and oxygen atoms in total. The molecule has 3 rings (SSSR count). The van der Waals surface area contributed by atoms with Crippen LogP contribution in [0.15, 0.2) is 47.4 Å². The Labute approximate surface area is 192 Å². The summed E-state index contributed by atoms with van der Waals surface area (Å²) in [6, 6.07) is 11.6. The Hall–Kier alpha value is -2.62. The van der Waals surface area contributed by atoms with Crippen molar-refractivity contribution in [1.29, 1.82) is 0 Å². The Morgan fingerprint density at radius 3 is 2.56 bits per heavy atom. The number of esters is 1. The number of nitrogens with one attached hydrogen (secondary N) is 2. The number of nitrogens with zero attached hydrogens (tertiary/aromatic N) is 1. The van der Waals surface area contributed by atoms with Gasteiger partial charge in [0.25, 0.3) is 5.91 Å². The lowest BCUT2D eigenvalue weighted by atomic mass is 10.1. The summed E-state index contributed by atoms with van der Waals surface area (Å²) in [5.41, 5.74) is 2.71. The topological polar surface area (TPSA) is 105 Å². The van der Waals surface area contributed by atoms with Crippen LogP contribution >= 0.6 is 11.6 Å². The number of hydrogen-bond acceptors (Lipinski definition) is 6. The molecule has 1 heterocycles. The molecule has 1 aliphatic heterocycles. The molecule has 0 aliphatic carbocycles. The van der Waals surface area contributed by atoms with Gasteiger partial charge in [0.05, 0.1) is 11.3 Å². The van der Waals surface area contributed by atoms with E-state index in [1.165, 1.54) is 31.0 Å². The van der Waals surface area contributed by atoms with Gasteiger partial charge in [0, 0.05) is 36.0 Å². The van der Waals surface area contributed by atoms with Crippen molar-refractivity contribution >= 4 is 44.9 Å². The van der Waals surface area contributed by atoms with Gasteiger partial charge in [-0.25, -0.2) is 13.1 Å². The number of benzene rings is 2.